The third-order valence-corrected chi connectivity index (χ3v) is 9.46. The number of aromatic nitrogens is 6. The van der Waals surface area contributed by atoms with Gasteiger partial charge in [0.25, 0.3) is 0 Å². The molecule has 0 spiro atoms. The molecule has 1 aliphatic rings. The molecule has 12 nitrogen and oxygen atoms in total. The first-order valence-electron chi connectivity index (χ1n) is 13.4. The standard InChI is InChI=1S/C29H29N9O3S/c1-41-25-5-2-21(3-6-25)15-34-42(40)12-9-36(10-13-42)27-7-4-22(16-31-27)28-29-23(14-30)17-33-38(29)20-26(35-28)24-18-32-37(19-24)8-11-39/h2-7,16-20,39H,8-13,15H2,1H3. The quantitative estimate of drug-likeness (QED) is 0.291. The zero-order chi connectivity index (χ0) is 29.1. The highest BCUT2D eigenvalue weighted by Gasteiger charge is 2.22. The van der Waals surface area contributed by atoms with Gasteiger partial charge in [0.05, 0.1) is 66.5 Å². The van der Waals surface area contributed by atoms with E-state index in [2.05, 4.69) is 25.5 Å². The van der Waals surface area contributed by atoms with Crippen LogP contribution in [-0.4, -0.2) is 77.0 Å². The van der Waals surface area contributed by atoms with Crippen LogP contribution >= 0.6 is 0 Å². The molecule has 13 heteroatoms. The summed E-state index contributed by atoms with van der Waals surface area (Å²) < 4.78 is 26.4. The van der Waals surface area contributed by atoms with Gasteiger partial charge in [-0.05, 0) is 29.8 Å². The Bertz CT molecular complexity index is 1870. The first-order valence-corrected chi connectivity index (χ1v) is 15.3. The fourth-order valence-corrected chi connectivity index (χ4v) is 6.73. The van der Waals surface area contributed by atoms with Crippen LogP contribution in [0.15, 0.2) is 71.7 Å². The van der Waals surface area contributed by atoms with E-state index in [4.69, 9.17) is 14.7 Å². The highest BCUT2D eigenvalue weighted by Crippen LogP contribution is 2.29. The van der Waals surface area contributed by atoms with Crippen molar-refractivity contribution in [2.75, 3.05) is 43.2 Å². The van der Waals surface area contributed by atoms with E-state index >= 15 is 0 Å². The van der Waals surface area contributed by atoms with E-state index in [-0.39, 0.29) is 6.61 Å². The Labute approximate surface area is 243 Å². The van der Waals surface area contributed by atoms with Gasteiger partial charge in [-0.25, -0.2) is 23.1 Å². The normalized spacial score (nSPS) is 14.5. The lowest BCUT2D eigenvalue weighted by molar-refractivity contribution is 0.269. The average Bonchev–Trinajstić information content (AvgIpc) is 3.68. The van der Waals surface area contributed by atoms with Crippen molar-refractivity contribution in [1.29, 1.82) is 5.26 Å². The van der Waals surface area contributed by atoms with Crippen LogP contribution in [0.4, 0.5) is 5.82 Å². The van der Waals surface area contributed by atoms with E-state index in [1.165, 1.54) is 6.20 Å². The Kier molecular flexibility index (Phi) is 7.56. The van der Waals surface area contributed by atoms with Crippen LogP contribution < -0.4 is 9.64 Å². The van der Waals surface area contributed by atoms with Crippen LogP contribution in [0.25, 0.3) is 28.0 Å². The summed E-state index contributed by atoms with van der Waals surface area (Å²) in [6.07, 6.45) is 8.51. The summed E-state index contributed by atoms with van der Waals surface area (Å²) in [6, 6.07) is 13.7. The van der Waals surface area contributed by atoms with Gasteiger partial charge in [0.15, 0.2) is 0 Å². The number of hydrogen-bond acceptors (Lipinski definition) is 10. The second kappa shape index (κ2) is 11.6. The van der Waals surface area contributed by atoms with Gasteiger partial charge in [-0.3, -0.25) is 4.68 Å². The highest BCUT2D eigenvalue weighted by atomic mass is 32.2. The third-order valence-electron chi connectivity index (χ3n) is 7.22. The molecule has 1 aliphatic heterocycles. The predicted molar refractivity (Wildman–Crippen MR) is 158 cm³/mol. The van der Waals surface area contributed by atoms with E-state index in [1.807, 2.05) is 42.6 Å². The molecule has 0 bridgehead atoms. The lowest BCUT2D eigenvalue weighted by Gasteiger charge is -2.29. The van der Waals surface area contributed by atoms with E-state index in [0.717, 1.165) is 28.3 Å². The van der Waals surface area contributed by atoms with Gasteiger partial charge >= 0.3 is 0 Å². The number of methoxy groups -OCH3 is 1. The molecule has 0 amide bonds. The minimum atomic E-state index is -2.30. The Hall–Kier alpha value is -4.80. The monoisotopic (exact) mass is 583 g/mol. The zero-order valence-corrected chi connectivity index (χ0v) is 23.8. The maximum atomic E-state index is 13.4. The first kappa shape index (κ1) is 27.4. The molecule has 5 aromatic rings. The van der Waals surface area contributed by atoms with E-state index in [9.17, 15) is 14.6 Å². The van der Waals surface area contributed by atoms with Crippen molar-refractivity contribution in [3.05, 3.63) is 78.5 Å². The molecule has 1 aromatic carbocycles. The Morgan fingerprint density at radius 2 is 1.86 bits per heavy atom. The first-order chi connectivity index (χ1) is 20.5. The largest absolute Gasteiger partial charge is 0.497 e. The van der Waals surface area contributed by atoms with Gasteiger partial charge in [-0.1, -0.05) is 12.1 Å². The molecular weight excluding hydrogens is 554 g/mol. The molecule has 0 saturated carbocycles. The number of rotatable bonds is 8. The Morgan fingerprint density at radius 1 is 1.05 bits per heavy atom. The number of nitriles is 1. The molecular formula is C29H29N9O3S. The number of pyridine rings is 1. The van der Waals surface area contributed by atoms with Gasteiger partial charge in [0.1, 0.15) is 28.7 Å². The number of ether oxygens (including phenoxy) is 1. The second-order valence-electron chi connectivity index (χ2n) is 9.86. The highest BCUT2D eigenvalue weighted by molar-refractivity contribution is 7.93. The molecule has 1 saturated heterocycles. The summed E-state index contributed by atoms with van der Waals surface area (Å²) in [4.78, 5) is 11.7. The molecule has 1 fully saturated rings. The molecule has 4 aromatic heterocycles. The van der Waals surface area contributed by atoms with E-state index in [1.54, 1.807) is 34.9 Å². The van der Waals surface area contributed by atoms with Gasteiger partial charge in [-0.2, -0.15) is 15.5 Å². The number of benzene rings is 1. The predicted octanol–water partition coefficient (Wildman–Crippen LogP) is 3.02. The molecule has 6 rings (SSSR count). The average molecular weight is 584 g/mol. The molecule has 0 atom stereocenters. The maximum Gasteiger partial charge on any atom is 0.128 e. The summed E-state index contributed by atoms with van der Waals surface area (Å²) >= 11 is 0. The summed E-state index contributed by atoms with van der Waals surface area (Å²) in [6.45, 7) is 1.96. The number of fused-ring (bicyclic) bond motifs is 1. The molecule has 0 aliphatic carbocycles. The maximum absolute atomic E-state index is 13.4. The summed E-state index contributed by atoms with van der Waals surface area (Å²) in [5.41, 5.74) is 4.71. The topological polar surface area (TPSA) is 147 Å². The fraction of sp³-hybridized carbons (Fsp3) is 0.276. The van der Waals surface area contributed by atoms with Crippen molar-refractivity contribution in [2.45, 2.75) is 13.1 Å². The number of aliphatic hydroxyl groups is 1. The molecule has 5 heterocycles. The molecule has 0 radical (unpaired) electrons. The smallest absolute Gasteiger partial charge is 0.128 e. The molecule has 1 N–H and O–H groups in total. The zero-order valence-electron chi connectivity index (χ0n) is 23.0. The minimum Gasteiger partial charge on any atom is -0.497 e. The van der Waals surface area contributed by atoms with Crippen molar-refractivity contribution >= 4 is 21.1 Å². The summed E-state index contributed by atoms with van der Waals surface area (Å²) in [7, 11) is -0.674. The van der Waals surface area contributed by atoms with E-state index in [0.29, 0.717) is 60.2 Å². The number of nitrogens with zero attached hydrogens (tertiary/aromatic N) is 9. The molecule has 214 valence electrons. The second-order valence-corrected chi connectivity index (χ2v) is 12.5. The van der Waals surface area contributed by atoms with Gasteiger partial charge < -0.3 is 14.7 Å². The third kappa shape index (κ3) is 5.54. The van der Waals surface area contributed by atoms with Crippen LogP contribution in [0.1, 0.15) is 11.1 Å². The summed E-state index contributed by atoms with van der Waals surface area (Å²) in [5, 5.41) is 27.6. The van der Waals surface area contributed by atoms with Crippen molar-refractivity contribution < 1.29 is 14.1 Å². The van der Waals surface area contributed by atoms with Crippen molar-refractivity contribution in [1.82, 2.24) is 29.4 Å². The van der Waals surface area contributed by atoms with Crippen LogP contribution in [0.2, 0.25) is 0 Å². The fourth-order valence-electron chi connectivity index (χ4n) is 4.87. The van der Waals surface area contributed by atoms with Crippen molar-refractivity contribution in [2.24, 2.45) is 4.36 Å². The van der Waals surface area contributed by atoms with Crippen LogP contribution in [0, 0.1) is 11.3 Å². The van der Waals surface area contributed by atoms with Crippen LogP contribution in [-0.2, 0) is 22.8 Å². The van der Waals surface area contributed by atoms with Crippen LogP contribution in [0.5, 0.6) is 5.75 Å². The van der Waals surface area contributed by atoms with Crippen molar-refractivity contribution in [3.63, 3.8) is 0 Å². The van der Waals surface area contributed by atoms with E-state index < -0.39 is 9.73 Å². The van der Waals surface area contributed by atoms with Gasteiger partial charge in [-0.15, -0.1) is 0 Å². The van der Waals surface area contributed by atoms with Crippen LogP contribution in [0.3, 0.4) is 0 Å². The number of anilines is 1. The Balaban J connectivity index is 1.22. The molecule has 0 unspecified atom stereocenters. The Morgan fingerprint density at radius 3 is 2.55 bits per heavy atom. The van der Waals surface area contributed by atoms with Gasteiger partial charge in [0.2, 0.25) is 0 Å². The number of aliphatic hydroxyl groups excluding tert-OH is 1. The summed E-state index contributed by atoms with van der Waals surface area (Å²) in [5.74, 6) is 2.51. The molecule has 42 heavy (non-hydrogen) atoms. The lowest BCUT2D eigenvalue weighted by atomic mass is 10.1. The number of hydrogen-bond donors (Lipinski definition) is 1. The minimum absolute atomic E-state index is 0.0197. The van der Waals surface area contributed by atoms with Gasteiger partial charge in [0, 0.05) is 48.1 Å². The van der Waals surface area contributed by atoms with Crippen molar-refractivity contribution in [3.8, 4) is 34.3 Å². The lowest BCUT2D eigenvalue weighted by Crippen LogP contribution is -2.40. The SMILES string of the molecule is COc1ccc(CN=S2(=O)CCN(c3ccc(-c4nc(-c5cnn(CCO)c5)cn5ncc(C#N)c45)cn3)CC2)cc1.